The SMILES string of the molecule is CCC[C@H](NC(=O)CN1CCN(c2cccc(OC)c2)CC1)c1ccccc1. The van der Waals surface area contributed by atoms with Crippen LogP contribution in [0.3, 0.4) is 0 Å². The van der Waals surface area contributed by atoms with Crippen LogP contribution < -0.4 is 15.0 Å². The number of nitrogens with zero attached hydrogens (tertiary/aromatic N) is 2. The number of carbonyl (C=O) groups excluding carboxylic acids is 1. The third kappa shape index (κ3) is 5.49. The van der Waals surface area contributed by atoms with Gasteiger partial charge in [-0.1, -0.05) is 49.7 Å². The van der Waals surface area contributed by atoms with E-state index >= 15 is 0 Å². The van der Waals surface area contributed by atoms with Crippen molar-refractivity contribution in [3.05, 3.63) is 60.2 Å². The normalized spacial score (nSPS) is 15.9. The summed E-state index contributed by atoms with van der Waals surface area (Å²) in [7, 11) is 1.69. The summed E-state index contributed by atoms with van der Waals surface area (Å²) in [4.78, 5) is 17.2. The molecule has 1 aliphatic rings. The van der Waals surface area contributed by atoms with Gasteiger partial charge in [-0.05, 0) is 24.1 Å². The van der Waals surface area contributed by atoms with Crippen molar-refractivity contribution < 1.29 is 9.53 Å². The molecule has 1 atom stereocenters. The first-order chi connectivity index (χ1) is 13.7. The minimum atomic E-state index is 0.0942. The summed E-state index contributed by atoms with van der Waals surface area (Å²) >= 11 is 0. The van der Waals surface area contributed by atoms with E-state index in [1.807, 2.05) is 30.3 Å². The van der Waals surface area contributed by atoms with E-state index in [-0.39, 0.29) is 11.9 Å². The maximum absolute atomic E-state index is 12.6. The molecule has 28 heavy (non-hydrogen) atoms. The largest absolute Gasteiger partial charge is 0.497 e. The van der Waals surface area contributed by atoms with Crippen LogP contribution in [-0.2, 0) is 4.79 Å². The van der Waals surface area contributed by atoms with Crippen molar-refractivity contribution in [1.29, 1.82) is 0 Å². The Labute approximate surface area is 168 Å². The summed E-state index contributed by atoms with van der Waals surface area (Å²) in [6.45, 7) is 6.21. The van der Waals surface area contributed by atoms with E-state index in [1.54, 1.807) is 7.11 Å². The van der Waals surface area contributed by atoms with Gasteiger partial charge in [0.2, 0.25) is 5.91 Å². The Morgan fingerprint density at radius 3 is 2.50 bits per heavy atom. The monoisotopic (exact) mass is 381 g/mol. The second-order valence-corrected chi connectivity index (χ2v) is 7.28. The van der Waals surface area contributed by atoms with Gasteiger partial charge in [0.25, 0.3) is 0 Å². The number of carbonyl (C=O) groups is 1. The van der Waals surface area contributed by atoms with Gasteiger partial charge in [0.1, 0.15) is 5.75 Å². The molecule has 2 aromatic carbocycles. The first-order valence-corrected chi connectivity index (χ1v) is 10.1. The molecule has 0 unspecified atom stereocenters. The molecule has 1 N–H and O–H groups in total. The molecule has 1 aliphatic heterocycles. The number of piperazine rings is 1. The lowest BCUT2D eigenvalue weighted by Gasteiger charge is -2.36. The van der Waals surface area contributed by atoms with E-state index in [0.29, 0.717) is 6.54 Å². The number of anilines is 1. The first kappa shape index (κ1) is 20.2. The molecule has 0 spiro atoms. The quantitative estimate of drug-likeness (QED) is 0.760. The van der Waals surface area contributed by atoms with Gasteiger partial charge < -0.3 is 15.0 Å². The zero-order chi connectivity index (χ0) is 19.8. The molecule has 5 heteroatoms. The van der Waals surface area contributed by atoms with Gasteiger partial charge in [-0.3, -0.25) is 9.69 Å². The second-order valence-electron chi connectivity index (χ2n) is 7.28. The van der Waals surface area contributed by atoms with Gasteiger partial charge in [-0.25, -0.2) is 0 Å². The number of hydrogen-bond donors (Lipinski definition) is 1. The number of nitrogens with one attached hydrogen (secondary N) is 1. The van der Waals surface area contributed by atoms with Crippen molar-refractivity contribution in [2.45, 2.75) is 25.8 Å². The summed E-state index contributed by atoms with van der Waals surface area (Å²) in [6, 6.07) is 18.5. The molecule has 0 saturated carbocycles. The molecule has 0 aromatic heterocycles. The molecule has 0 bridgehead atoms. The van der Waals surface area contributed by atoms with E-state index in [2.05, 4.69) is 46.3 Å². The molecular formula is C23H31N3O2. The molecule has 0 aliphatic carbocycles. The molecule has 1 heterocycles. The van der Waals surface area contributed by atoms with Gasteiger partial charge in [-0.15, -0.1) is 0 Å². The number of rotatable bonds is 8. The number of benzene rings is 2. The van der Waals surface area contributed by atoms with Crippen molar-refractivity contribution in [3.8, 4) is 5.75 Å². The third-order valence-electron chi connectivity index (χ3n) is 5.27. The lowest BCUT2D eigenvalue weighted by molar-refractivity contribution is -0.123. The summed E-state index contributed by atoms with van der Waals surface area (Å²) in [5.74, 6) is 0.985. The molecule has 1 fully saturated rings. The highest BCUT2D eigenvalue weighted by molar-refractivity contribution is 5.78. The predicted octanol–water partition coefficient (Wildman–Crippen LogP) is 3.47. The Balaban J connectivity index is 1.50. The van der Waals surface area contributed by atoms with Crippen molar-refractivity contribution in [2.75, 3.05) is 44.7 Å². The highest BCUT2D eigenvalue weighted by Crippen LogP contribution is 2.22. The van der Waals surface area contributed by atoms with Crippen LogP contribution in [0.15, 0.2) is 54.6 Å². The minimum absolute atomic E-state index is 0.0942. The number of methoxy groups -OCH3 is 1. The molecule has 1 amide bonds. The average molecular weight is 382 g/mol. The summed E-state index contributed by atoms with van der Waals surface area (Å²) in [6.07, 6.45) is 2.00. The lowest BCUT2D eigenvalue weighted by Crippen LogP contribution is -2.49. The van der Waals surface area contributed by atoms with Crippen molar-refractivity contribution in [3.63, 3.8) is 0 Å². The fraction of sp³-hybridized carbons (Fsp3) is 0.435. The molecule has 1 saturated heterocycles. The van der Waals surface area contributed by atoms with Crippen LogP contribution in [0.5, 0.6) is 5.75 Å². The van der Waals surface area contributed by atoms with Gasteiger partial charge >= 0.3 is 0 Å². The fourth-order valence-electron chi connectivity index (χ4n) is 3.71. The third-order valence-corrected chi connectivity index (χ3v) is 5.27. The maximum Gasteiger partial charge on any atom is 0.234 e. The van der Waals surface area contributed by atoms with Crippen LogP contribution in [0.4, 0.5) is 5.69 Å². The van der Waals surface area contributed by atoms with Gasteiger partial charge in [0.05, 0.1) is 19.7 Å². The highest BCUT2D eigenvalue weighted by atomic mass is 16.5. The van der Waals surface area contributed by atoms with Crippen molar-refractivity contribution in [2.24, 2.45) is 0 Å². The number of hydrogen-bond acceptors (Lipinski definition) is 4. The Morgan fingerprint density at radius 2 is 1.82 bits per heavy atom. The van der Waals surface area contributed by atoms with Gasteiger partial charge in [0, 0.05) is 37.9 Å². The zero-order valence-electron chi connectivity index (χ0n) is 16.9. The van der Waals surface area contributed by atoms with Gasteiger partial charge in [0.15, 0.2) is 0 Å². The van der Waals surface area contributed by atoms with Crippen LogP contribution in [0.1, 0.15) is 31.4 Å². The zero-order valence-corrected chi connectivity index (χ0v) is 16.9. The van der Waals surface area contributed by atoms with Crippen LogP contribution in [-0.4, -0.2) is 50.6 Å². The number of ether oxygens (including phenoxy) is 1. The topological polar surface area (TPSA) is 44.8 Å². The molecule has 3 rings (SSSR count). The molecule has 150 valence electrons. The molecular weight excluding hydrogens is 350 g/mol. The lowest BCUT2D eigenvalue weighted by atomic mass is 10.0. The summed E-state index contributed by atoms with van der Waals surface area (Å²) < 4.78 is 5.32. The van der Waals surface area contributed by atoms with Crippen LogP contribution in [0.2, 0.25) is 0 Å². The average Bonchev–Trinajstić information content (AvgIpc) is 2.74. The second kappa shape index (κ2) is 10.1. The van der Waals surface area contributed by atoms with Crippen LogP contribution >= 0.6 is 0 Å². The van der Waals surface area contributed by atoms with E-state index in [9.17, 15) is 4.79 Å². The van der Waals surface area contributed by atoms with E-state index < -0.39 is 0 Å². The smallest absolute Gasteiger partial charge is 0.234 e. The fourth-order valence-corrected chi connectivity index (χ4v) is 3.71. The van der Waals surface area contributed by atoms with Gasteiger partial charge in [-0.2, -0.15) is 0 Å². The number of amides is 1. The highest BCUT2D eigenvalue weighted by Gasteiger charge is 2.21. The van der Waals surface area contributed by atoms with Crippen LogP contribution in [0, 0.1) is 0 Å². The first-order valence-electron chi connectivity index (χ1n) is 10.1. The maximum atomic E-state index is 12.6. The van der Waals surface area contributed by atoms with Crippen molar-refractivity contribution in [1.82, 2.24) is 10.2 Å². The Hall–Kier alpha value is -2.53. The minimum Gasteiger partial charge on any atom is -0.497 e. The Morgan fingerprint density at radius 1 is 1.07 bits per heavy atom. The summed E-state index contributed by atoms with van der Waals surface area (Å²) in [5.41, 5.74) is 2.36. The van der Waals surface area contributed by atoms with E-state index in [4.69, 9.17) is 4.74 Å². The molecule has 5 nitrogen and oxygen atoms in total. The molecule has 0 radical (unpaired) electrons. The standard InChI is InChI=1S/C23H31N3O2/c1-3-8-22(19-9-5-4-6-10-19)24-23(27)18-25-13-15-26(16-14-25)20-11-7-12-21(17-20)28-2/h4-7,9-12,17,22H,3,8,13-16,18H2,1-2H3,(H,24,27)/t22-/m0/s1. The van der Waals surface area contributed by atoms with E-state index in [1.165, 1.54) is 11.3 Å². The van der Waals surface area contributed by atoms with Crippen LogP contribution in [0.25, 0.3) is 0 Å². The molecule has 2 aromatic rings. The Bertz CT molecular complexity index is 743. The summed E-state index contributed by atoms with van der Waals surface area (Å²) in [5, 5.41) is 3.23. The van der Waals surface area contributed by atoms with E-state index in [0.717, 1.165) is 44.8 Å². The van der Waals surface area contributed by atoms with Crippen molar-refractivity contribution >= 4 is 11.6 Å². The Kier molecular flexibility index (Phi) is 7.31. The predicted molar refractivity (Wildman–Crippen MR) is 114 cm³/mol.